The van der Waals surface area contributed by atoms with Crippen molar-refractivity contribution < 1.29 is 14.3 Å². The van der Waals surface area contributed by atoms with Crippen molar-refractivity contribution in [2.24, 2.45) is 0 Å². The van der Waals surface area contributed by atoms with Crippen LogP contribution >= 0.6 is 0 Å². The van der Waals surface area contributed by atoms with Crippen molar-refractivity contribution in [3.05, 3.63) is 95.1 Å². The van der Waals surface area contributed by atoms with Crippen molar-refractivity contribution >= 4 is 17.7 Å². The molecule has 0 radical (unpaired) electrons. The van der Waals surface area contributed by atoms with Gasteiger partial charge in [-0.1, -0.05) is 54.6 Å². The molecular formula is C25H25NO3. The van der Waals surface area contributed by atoms with E-state index in [-0.39, 0.29) is 5.91 Å². The minimum atomic E-state index is -0.199. The number of aryl methyl sites for hydroxylation is 2. The number of nitrogens with one attached hydrogen (secondary N) is 1. The van der Waals surface area contributed by atoms with Crippen LogP contribution in [0, 0.1) is 13.8 Å². The van der Waals surface area contributed by atoms with Crippen molar-refractivity contribution in [1.82, 2.24) is 0 Å². The van der Waals surface area contributed by atoms with Crippen LogP contribution in [-0.2, 0) is 11.4 Å². The van der Waals surface area contributed by atoms with Crippen LogP contribution in [0.25, 0.3) is 6.08 Å². The van der Waals surface area contributed by atoms with Gasteiger partial charge in [-0.25, -0.2) is 0 Å². The van der Waals surface area contributed by atoms with Gasteiger partial charge in [0.15, 0.2) is 11.5 Å². The maximum atomic E-state index is 12.4. The Morgan fingerprint density at radius 1 is 1.00 bits per heavy atom. The van der Waals surface area contributed by atoms with Crippen molar-refractivity contribution in [2.45, 2.75) is 20.5 Å². The van der Waals surface area contributed by atoms with E-state index < -0.39 is 0 Å². The van der Waals surface area contributed by atoms with Crippen LogP contribution in [0.3, 0.4) is 0 Å². The average molecular weight is 387 g/mol. The number of rotatable bonds is 7. The lowest BCUT2D eigenvalue weighted by atomic mass is 10.1. The zero-order valence-corrected chi connectivity index (χ0v) is 16.9. The van der Waals surface area contributed by atoms with Gasteiger partial charge in [-0.2, -0.15) is 0 Å². The monoisotopic (exact) mass is 387 g/mol. The summed E-state index contributed by atoms with van der Waals surface area (Å²) in [5, 5.41) is 2.93. The second-order valence-corrected chi connectivity index (χ2v) is 6.79. The summed E-state index contributed by atoms with van der Waals surface area (Å²) in [4.78, 5) is 12.4. The fraction of sp³-hybridized carbons (Fsp3) is 0.160. The number of para-hydroxylation sites is 1. The number of amides is 1. The van der Waals surface area contributed by atoms with Crippen molar-refractivity contribution in [3.63, 3.8) is 0 Å². The van der Waals surface area contributed by atoms with Gasteiger partial charge in [0.05, 0.1) is 7.11 Å². The van der Waals surface area contributed by atoms with Crippen LogP contribution in [0.15, 0.2) is 72.8 Å². The van der Waals surface area contributed by atoms with Crippen LogP contribution in [0.4, 0.5) is 5.69 Å². The minimum absolute atomic E-state index is 0.199. The molecule has 148 valence electrons. The zero-order chi connectivity index (χ0) is 20.6. The van der Waals surface area contributed by atoms with E-state index in [0.29, 0.717) is 18.1 Å². The highest BCUT2D eigenvalue weighted by Gasteiger charge is 2.10. The predicted molar refractivity (Wildman–Crippen MR) is 117 cm³/mol. The van der Waals surface area contributed by atoms with Gasteiger partial charge in [0, 0.05) is 17.3 Å². The summed E-state index contributed by atoms with van der Waals surface area (Å²) >= 11 is 0. The number of anilines is 1. The largest absolute Gasteiger partial charge is 0.493 e. The zero-order valence-electron chi connectivity index (χ0n) is 16.9. The molecule has 1 N–H and O–H groups in total. The molecule has 3 aromatic rings. The number of hydrogen-bond acceptors (Lipinski definition) is 3. The van der Waals surface area contributed by atoms with E-state index in [9.17, 15) is 4.79 Å². The van der Waals surface area contributed by atoms with Crippen molar-refractivity contribution in [2.75, 3.05) is 12.4 Å². The number of hydrogen-bond donors (Lipinski definition) is 1. The summed E-state index contributed by atoms with van der Waals surface area (Å²) < 4.78 is 11.5. The average Bonchev–Trinajstić information content (AvgIpc) is 2.74. The molecule has 1 amide bonds. The predicted octanol–water partition coefficient (Wildman–Crippen LogP) is 5.54. The number of ether oxygens (including phenoxy) is 2. The fourth-order valence-electron chi connectivity index (χ4n) is 2.92. The Morgan fingerprint density at radius 3 is 2.55 bits per heavy atom. The van der Waals surface area contributed by atoms with E-state index in [0.717, 1.165) is 27.9 Å². The first-order chi connectivity index (χ1) is 14.1. The fourth-order valence-corrected chi connectivity index (χ4v) is 2.92. The van der Waals surface area contributed by atoms with Gasteiger partial charge in [0.25, 0.3) is 0 Å². The molecule has 0 unspecified atom stereocenters. The molecule has 0 aliphatic heterocycles. The van der Waals surface area contributed by atoms with E-state index in [1.807, 2.05) is 80.6 Å². The quantitative estimate of drug-likeness (QED) is 0.541. The molecule has 0 aromatic heterocycles. The maximum absolute atomic E-state index is 12.4. The van der Waals surface area contributed by atoms with E-state index in [1.54, 1.807) is 13.2 Å². The maximum Gasteiger partial charge on any atom is 0.248 e. The van der Waals surface area contributed by atoms with Gasteiger partial charge >= 0.3 is 0 Å². The molecule has 4 heteroatoms. The summed E-state index contributed by atoms with van der Waals surface area (Å²) in [5.41, 5.74) is 4.76. The SMILES string of the molecule is COc1cccc(/C=C/C(=O)Nc2cc(C)ccc2C)c1OCc1ccccc1. The molecule has 0 atom stereocenters. The third-order valence-corrected chi connectivity index (χ3v) is 4.52. The first kappa shape index (κ1) is 20.2. The smallest absolute Gasteiger partial charge is 0.248 e. The van der Waals surface area contributed by atoms with Gasteiger partial charge in [-0.15, -0.1) is 0 Å². The van der Waals surface area contributed by atoms with Crippen LogP contribution in [0.5, 0.6) is 11.5 Å². The van der Waals surface area contributed by atoms with Crippen LogP contribution in [0.2, 0.25) is 0 Å². The molecular weight excluding hydrogens is 362 g/mol. The van der Waals surface area contributed by atoms with E-state index >= 15 is 0 Å². The van der Waals surface area contributed by atoms with Crippen molar-refractivity contribution in [1.29, 1.82) is 0 Å². The lowest BCUT2D eigenvalue weighted by Gasteiger charge is -2.13. The highest BCUT2D eigenvalue weighted by molar-refractivity contribution is 6.02. The van der Waals surface area contributed by atoms with Gasteiger partial charge in [-0.05, 0) is 48.7 Å². The van der Waals surface area contributed by atoms with Crippen molar-refractivity contribution in [3.8, 4) is 11.5 Å². The van der Waals surface area contributed by atoms with Gasteiger partial charge in [-0.3, -0.25) is 4.79 Å². The molecule has 0 saturated carbocycles. The second-order valence-electron chi connectivity index (χ2n) is 6.79. The molecule has 3 rings (SSSR count). The minimum Gasteiger partial charge on any atom is -0.493 e. The molecule has 0 aliphatic carbocycles. The third-order valence-electron chi connectivity index (χ3n) is 4.52. The second kappa shape index (κ2) is 9.60. The van der Waals surface area contributed by atoms with Gasteiger partial charge < -0.3 is 14.8 Å². The Hall–Kier alpha value is -3.53. The standard InChI is InChI=1S/C25H25NO3/c1-18-12-13-19(2)22(16-18)26-24(27)15-14-21-10-7-11-23(28-3)25(21)29-17-20-8-5-4-6-9-20/h4-16H,17H2,1-3H3,(H,26,27)/b15-14+. The first-order valence-corrected chi connectivity index (χ1v) is 9.47. The normalized spacial score (nSPS) is 10.7. The molecule has 4 nitrogen and oxygen atoms in total. The van der Waals surface area contributed by atoms with Crippen LogP contribution in [-0.4, -0.2) is 13.0 Å². The highest BCUT2D eigenvalue weighted by Crippen LogP contribution is 2.32. The van der Waals surface area contributed by atoms with Crippen LogP contribution in [0.1, 0.15) is 22.3 Å². The number of benzene rings is 3. The molecule has 29 heavy (non-hydrogen) atoms. The summed E-state index contributed by atoms with van der Waals surface area (Å²) in [7, 11) is 1.60. The van der Waals surface area contributed by atoms with E-state index in [1.165, 1.54) is 6.08 Å². The number of carbonyl (C=O) groups is 1. The lowest BCUT2D eigenvalue weighted by molar-refractivity contribution is -0.111. The Bertz CT molecular complexity index is 1010. The van der Waals surface area contributed by atoms with E-state index in [2.05, 4.69) is 5.32 Å². The number of methoxy groups -OCH3 is 1. The van der Waals surface area contributed by atoms with Gasteiger partial charge in [0.2, 0.25) is 5.91 Å². The Kier molecular flexibility index (Phi) is 6.69. The van der Waals surface area contributed by atoms with Gasteiger partial charge in [0.1, 0.15) is 6.61 Å². The topological polar surface area (TPSA) is 47.6 Å². The Labute approximate surface area is 171 Å². The lowest BCUT2D eigenvalue weighted by Crippen LogP contribution is -2.09. The third kappa shape index (κ3) is 5.48. The molecule has 0 aliphatic rings. The Balaban J connectivity index is 1.77. The molecule has 0 saturated heterocycles. The Morgan fingerprint density at radius 2 is 1.79 bits per heavy atom. The molecule has 0 heterocycles. The molecule has 3 aromatic carbocycles. The summed E-state index contributed by atoms with van der Waals surface area (Å²) in [5.74, 6) is 1.03. The van der Waals surface area contributed by atoms with E-state index in [4.69, 9.17) is 9.47 Å². The highest BCUT2D eigenvalue weighted by atomic mass is 16.5. The molecule has 0 fully saturated rings. The molecule has 0 spiro atoms. The summed E-state index contributed by atoms with van der Waals surface area (Å²) in [6.45, 7) is 4.38. The summed E-state index contributed by atoms with van der Waals surface area (Å²) in [6.07, 6.45) is 3.25. The number of carbonyl (C=O) groups excluding carboxylic acids is 1. The molecule has 0 bridgehead atoms. The first-order valence-electron chi connectivity index (χ1n) is 9.47. The summed E-state index contributed by atoms with van der Waals surface area (Å²) in [6, 6.07) is 21.5. The van der Waals surface area contributed by atoms with Crippen LogP contribution < -0.4 is 14.8 Å².